The quantitative estimate of drug-likeness (QED) is 0.160. The highest BCUT2D eigenvalue weighted by Crippen LogP contribution is 2.37. The number of hydrogen-bond donors (Lipinski definition) is 2. The van der Waals surface area contributed by atoms with E-state index < -0.39 is 12.1 Å². The summed E-state index contributed by atoms with van der Waals surface area (Å²) < 4.78 is 13.5. The van der Waals surface area contributed by atoms with Gasteiger partial charge in [0.1, 0.15) is 29.6 Å². The number of urea groups is 2. The first kappa shape index (κ1) is 40.8. The average Bonchev–Trinajstić information content (AvgIpc) is 3.75. The van der Waals surface area contributed by atoms with Gasteiger partial charge in [-0.3, -0.25) is 30.4 Å². The van der Waals surface area contributed by atoms with Gasteiger partial charge < -0.3 is 0 Å². The molecular weight excluding hydrogens is 841 g/mol. The smallest absolute Gasteiger partial charge is 0.294 e. The van der Waals surface area contributed by atoms with Gasteiger partial charge in [-0.25, -0.2) is 14.0 Å². The second kappa shape index (κ2) is 18.4. The first-order valence-corrected chi connectivity index (χ1v) is 19.7. The molecule has 0 bridgehead atoms. The lowest BCUT2D eigenvalue weighted by molar-refractivity contribution is 0.251. The van der Waals surface area contributed by atoms with Crippen molar-refractivity contribution in [1.82, 2.24) is 10.6 Å². The lowest BCUT2D eigenvalue weighted by atomic mass is 10.0. The minimum atomic E-state index is -0.538. The van der Waals surface area contributed by atoms with E-state index in [9.17, 15) is 14.0 Å². The molecule has 2 aliphatic heterocycles. The second-order valence-electron chi connectivity index (χ2n) is 13.1. The molecule has 0 spiro atoms. The molecule has 6 aromatic rings. The molecule has 292 valence electrons. The molecule has 0 aliphatic carbocycles. The van der Waals surface area contributed by atoms with E-state index in [0.29, 0.717) is 61.2 Å². The highest BCUT2D eigenvalue weighted by molar-refractivity contribution is 6.42. The van der Waals surface area contributed by atoms with E-state index in [0.717, 1.165) is 22.3 Å². The average molecular weight is 873 g/mol. The molecule has 4 amide bonds. The van der Waals surface area contributed by atoms with Crippen LogP contribution in [0, 0.1) is 5.82 Å². The first-order chi connectivity index (χ1) is 28.0. The molecule has 2 heterocycles. The van der Waals surface area contributed by atoms with E-state index in [1.165, 1.54) is 12.1 Å². The third-order valence-corrected chi connectivity index (χ3v) is 11.0. The van der Waals surface area contributed by atoms with Crippen LogP contribution in [0.3, 0.4) is 0 Å². The lowest BCUT2D eigenvalue weighted by Crippen LogP contribution is -2.29. The molecular formula is C44H32Cl5FN6O2. The summed E-state index contributed by atoms with van der Waals surface area (Å²) in [6.07, 6.45) is 0. The van der Waals surface area contributed by atoms with Gasteiger partial charge in [0.2, 0.25) is 0 Å². The summed E-state index contributed by atoms with van der Waals surface area (Å²) in [4.78, 5) is 38.2. The SMILES string of the molecule is O=C1NC(=NCc2ccccc2)C(c2ccc(Cl)cc2)N1c1ccc(Cl)c(Cl)c1.O=C1NC(=NCc2ccccc2)C(c2ccc(F)cc2)N1c1ccc(Cl)c(Cl)c1. The van der Waals surface area contributed by atoms with Gasteiger partial charge in [0.25, 0.3) is 0 Å². The van der Waals surface area contributed by atoms with Crippen molar-refractivity contribution in [2.24, 2.45) is 9.98 Å². The predicted octanol–water partition coefficient (Wildman–Crippen LogP) is 12.5. The van der Waals surface area contributed by atoms with Gasteiger partial charge in [-0.2, -0.15) is 0 Å². The minimum Gasteiger partial charge on any atom is -0.294 e. The monoisotopic (exact) mass is 870 g/mol. The lowest BCUT2D eigenvalue weighted by Gasteiger charge is -2.24. The van der Waals surface area contributed by atoms with Gasteiger partial charge in [-0.05, 0) is 82.9 Å². The molecule has 0 radical (unpaired) electrons. The maximum Gasteiger partial charge on any atom is 0.328 e. The Balaban J connectivity index is 0.000000177. The summed E-state index contributed by atoms with van der Waals surface area (Å²) in [7, 11) is 0. The Morgan fingerprint density at radius 2 is 0.897 bits per heavy atom. The van der Waals surface area contributed by atoms with E-state index in [4.69, 9.17) is 63.0 Å². The van der Waals surface area contributed by atoms with Crippen LogP contribution in [0.25, 0.3) is 0 Å². The normalized spacial score (nSPS) is 17.6. The molecule has 2 atom stereocenters. The molecule has 2 fully saturated rings. The zero-order valence-electron chi connectivity index (χ0n) is 30.3. The fraction of sp³-hybridized carbons (Fsp3) is 0.0909. The van der Waals surface area contributed by atoms with Gasteiger partial charge in [0.05, 0.1) is 33.2 Å². The maximum atomic E-state index is 13.5. The number of halogens is 6. The van der Waals surface area contributed by atoms with Crippen molar-refractivity contribution in [3.05, 3.63) is 199 Å². The standard InChI is InChI=1S/C22H16Cl3N3O.C22H16Cl2FN3O/c23-16-8-6-15(7-9-16)20-21(26-13-14-4-2-1-3-5-14)27-22(29)28(20)17-10-11-18(24)19(25)12-17;23-18-11-10-17(12-19(18)24)28-20(15-6-8-16(25)9-7-15)21(27-22(28)29)26-13-14-4-2-1-3-5-14/h2*1-12,20H,13H2,(H,26,27,29). The third-order valence-electron chi connectivity index (χ3n) is 9.23. The Hall–Kier alpha value is -5.42. The number of amides is 4. The topological polar surface area (TPSA) is 89.4 Å². The Morgan fingerprint density at radius 3 is 1.29 bits per heavy atom. The number of aliphatic imine (C=N–C) groups is 2. The van der Waals surface area contributed by atoms with Crippen LogP contribution in [0.5, 0.6) is 0 Å². The van der Waals surface area contributed by atoms with Gasteiger partial charge in [0.15, 0.2) is 0 Å². The van der Waals surface area contributed by atoms with Crippen LogP contribution in [0.4, 0.5) is 25.4 Å². The van der Waals surface area contributed by atoms with Crippen molar-refractivity contribution in [3.63, 3.8) is 0 Å². The third kappa shape index (κ3) is 9.47. The van der Waals surface area contributed by atoms with Gasteiger partial charge >= 0.3 is 12.1 Å². The summed E-state index contributed by atoms with van der Waals surface area (Å²) in [6, 6.07) is 41.4. The van der Waals surface area contributed by atoms with Crippen LogP contribution in [0.1, 0.15) is 34.3 Å². The van der Waals surface area contributed by atoms with Crippen LogP contribution < -0.4 is 20.4 Å². The minimum absolute atomic E-state index is 0.282. The number of rotatable bonds is 8. The number of nitrogens with zero attached hydrogens (tertiary/aromatic N) is 4. The van der Waals surface area contributed by atoms with Crippen molar-refractivity contribution in [2.45, 2.75) is 25.2 Å². The molecule has 2 unspecified atom stereocenters. The van der Waals surface area contributed by atoms with E-state index in [1.54, 1.807) is 70.5 Å². The van der Waals surface area contributed by atoms with Crippen molar-refractivity contribution in [3.8, 4) is 0 Å². The number of nitrogens with one attached hydrogen (secondary N) is 2. The van der Waals surface area contributed by atoms with Gasteiger partial charge in [-0.15, -0.1) is 0 Å². The number of anilines is 2. The number of benzene rings is 6. The molecule has 0 aromatic heterocycles. The number of hydrogen-bond acceptors (Lipinski definition) is 4. The molecule has 58 heavy (non-hydrogen) atoms. The molecule has 2 N–H and O–H groups in total. The number of carbonyl (C=O) groups is 2. The van der Waals surface area contributed by atoms with Crippen LogP contribution in [0.15, 0.2) is 156 Å². The zero-order chi connectivity index (χ0) is 40.8. The highest BCUT2D eigenvalue weighted by atomic mass is 35.5. The number of carbonyl (C=O) groups excluding carboxylic acids is 2. The van der Waals surface area contributed by atoms with E-state index in [-0.39, 0.29) is 17.9 Å². The predicted molar refractivity (Wildman–Crippen MR) is 233 cm³/mol. The van der Waals surface area contributed by atoms with E-state index in [2.05, 4.69) is 15.6 Å². The molecule has 6 aromatic carbocycles. The van der Waals surface area contributed by atoms with Crippen molar-refractivity contribution < 1.29 is 14.0 Å². The zero-order valence-corrected chi connectivity index (χ0v) is 34.1. The van der Waals surface area contributed by atoms with Crippen LogP contribution >= 0.6 is 58.0 Å². The fourth-order valence-electron chi connectivity index (χ4n) is 6.43. The van der Waals surface area contributed by atoms with E-state index >= 15 is 0 Å². The summed E-state index contributed by atoms with van der Waals surface area (Å²) in [5, 5.41) is 7.89. The maximum absolute atomic E-state index is 13.5. The molecule has 2 saturated heterocycles. The molecule has 14 heteroatoms. The molecule has 2 aliphatic rings. The van der Waals surface area contributed by atoms with Crippen molar-refractivity contribution >= 4 is 93.1 Å². The fourth-order valence-corrected chi connectivity index (χ4v) is 7.14. The Morgan fingerprint density at radius 1 is 0.500 bits per heavy atom. The summed E-state index contributed by atoms with van der Waals surface area (Å²) in [5.41, 5.74) is 4.86. The van der Waals surface area contributed by atoms with Gasteiger partial charge in [-0.1, -0.05) is 143 Å². The highest BCUT2D eigenvalue weighted by Gasteiger charge is 2.40. The Labute approximate surface area is 359 Å². The van der Waals surface area contributed by atoms with E-state index in [1.807, 2.05) is 72.8 Å². The van der Waals surface area contributed by atoms with Crippen LogP contribution in [0.2, 0.25) is 25.1 Å². The van der Waals surface area contributed by atoms with Gasteiger partial charge in [0, 0.05) is 16.4 Å². The molecule has 8 nitrogen and oxygen atoms in total. The summed E-state index contributed by atoms with van der Waals surface area (Å²) >= 11 is 30.5. The summed E-state index contributed by atoms with van der Waals surface area (Å²) in [6.45, 7) is 0.860. The Bertz CT molecular complexity index is 2320. The summed E-state index contributed by atoms with van der Waals surface area (Å²) in [5.74, 6) is 0.693. The molecule has 8 rings (SSSR count). The largest absolute Gasteiger partial charge is 0.328 e. The van der Waals surface area contributed by atoms with Crippen LogP contribution in [-0.4, -0.2) is 23.7 Å². The van der Waals surface area contributed by atoms with Crippen molar-refractivity contribution in [1.29, 1.82) is 0 Å². The Kier molecular flexibility index (Phi) is 13.0. The number of amidine groups is 2. The van der Waals surface area contributed by atoms with Crippen LogP contribution in [-0.2, 0) is 13.1 Å². The first-order valence-electron chi connectivity index (χ1n) is 17.8. The molecule has 0 saturated carbocycles. The second-order valence-corrected chi connectivity index (χ2v) is 15.1. The van der Waals surface area contributed by atoms with Crippen molar-refractivity contribution in [2.75, 3.05) is 9.80 Å².